The van der Waals surface area contributed by atoms with Gasteiger partial charge in [0.05, 0.1) is 55.0 Å². The summed E-state index contributed by atoms with van der Waals surface area (Å²) in [6.07, 6.45) is 14.1. The Bertz CT molecular complexity index is 2370. The Kier molecular flexibility index (Phi) is 10.1. The van der Waals surface area contributed by atoms with Crippen LogP contribution in [0.2, 0.25) is 0 Å². The van der Waals surface area contributed by atoms with E-state index >= 15 is 0 Å². The summed E-state index contributed by atoms with van der Waals surface area (Å²) in [6, 6.07) is 13.4. The van der Waals surface area contributed by atoms with Gasteiger partial charge in [-0.1, -0.05) is 52.2 Å². The predicted octanol–water partition coefficient (Wildman–Crippen LogP) is 7.40. The van der Waals surface area contributed by atoms with Gasteiger partial charge in [-0.15, -0.1) is 0 Å². The van der Waals surface area contributed by atoms with Crippen LogP contribution in [0.4, 0.5) is 0 Å². The summed E-state index contributed by atoms with van der Waals surface area (Å²) in [4.78, 5) is 32.6. The zero-order chi connectivity index (χ0) is 39.6. The maximum Gasteiger partial charge on any atom is 0.258 e. The lowest BCUT2D eigenvalue weighted by Gasteiger charge is -2.34. The number of likely N-dealkylation sites (tertiary alicyclic amines) is 2. The first-order chi connectivity index (χ1) is 27.5. The van der Waals surface area contributed by atoms with Gasteiger partial charge >= 0.3 is 0 Å². The number of ether oxygens (including phenoxy) is 1. The van der Waals surface area contributed by atoms with Crippen LogP contribution >= 0.6 is 0 Å². The third-order valence-corrected chi connectivity index (χ3v) is 15.0. The zero-order valence-corrected chi connectivity index (χ0v) is 34.6. The lowest BCUT2D eigenvalue weighted by molar-refractivity contribution is -0.118. The minimum absolute atomic E-state index is 0.0520. The number of benzene rings is 2. The summed E-state index contributed by atoms with van der Waals surface area (Å²) in [7, 11) is -2.04. The summed E-state index contributed by atoms with van der Waals surface area (Å²) < 4.78 is 38.1. The van der Waals surface area contributed by atoms with Gasteiger partial charge in [-0.2, -0.15) is 5.10 Å². The number of fused-ring (bicyclic) bond motifs is 7. The first-order valence-corrected chi connectivity index (χ1v) is 22.9. The van der Waals surface area contributed by atoms with Crippen molar-refractivity contribution in [2.45, 2.75) is 116 Å². The van der Waals surface area contributed by atoms with Crippen LogP contribution < -0.4 is 9.46 Å². The van der Waals surface area contributed by atoms with Crippen LogP contribution in [0, 0.1) is 5.92 Å². The van der Waals surface area contributed by atoms with E-state index in [1.54, 1.807) is 7.11 Å². The van der Waals surface area contributed by atoms with E-state index in [-0.39, 0.29) is 36.1 Å². The van der Waals surface area contributed by atoms with Crippen molar-refractivity contribution < 1.29 is 22.7 Å². The molecule has 57 heavy (non-hydrogen) atoms. The van der Waals surface area contributed by atoms with E-state index in [4.69, 9.17) is 9.84 Å². The molecule has 9 rings (SSSR count). The monoisotopic (exact) mass is 792 g/mol. The van der Waals surface area contributed by atoms with E-state index in [9.17, 15) is 18.0 Å². The van der Waals surface area contributed by atoms with Gasteiger partial charge in [-0.05, 0) is 110 Å². The Morgan fingerprint density at radius 3 is 2.44 bits per heavy atom. The van der Waals surface area contributed by atoms with Crippen LogP contribution in [0.3, 0.4) is 0 Å². The second-order valence-electron chi connectivity index (χ2n) is 17.6. The van der Waals surface area contributed by atoms with Crippen LogP contribution in [0.5, 0.6) is 5.75 Å². The quantitative estimate of drug-likeness (QED) is 0.168. The zero-order valence-electron chi connectivity index (χ0n) is 33.8. The second kappa shape index (κ2) is 15.1. The number of hydrogen-bond donors (Lipinski definition) is 1. The molecule has 5 heterocycles. The highest BCUT2D eigenvalue weighted by atomic mass is 32.2. The molecule has 4 fully saturated rings. The number of methoxy groups -OCH3 is 1. The Morgan fingerprint density at radius 1 is 0.947 bits per heavy atom. The molecule has 2 amide bonds. The standard InChI is InChI=1S/C45H56N6O5S/c1-5-48-25-35-22-34(48)26-49(35)45(53)39-23-46-51(33-12-9-13-33)43(39)32-20-31-21-36(56-4)15-17-37(31)44-42(30-10-7-6-8-11-30)38-16-14-29(18-40(38)50(44)24-32)19-41(52)47-57(54,55)27-28(2)3/h14-18,20-21,23,28,30,33-35H,5-13,19,22,24-27H2,1-4H3,(H,47,52)/t34-,35-/m0/s1. The molecule has 2 aliphatic carbocycles. The fourth-order valence-corrected chi connectivity index (χ4v) is 11.9. The number of piperazine rings is 1. The largest absolute Gasteiger partial charge is 0.497 e. The molecule has 2 aromatic heterocycles. The molecule has 2 bridgehead atoms. The van der Waals surface area contributed by atoms with Crippen LogP contribution in [0.15, 0.2) is 42.6 Å². The molecule has 2 aromatic carbocycles. The second-order valence-corrected chi connectivity index (χ2v) is 19.3. The van der Waals surface area contributed by atoms with Gasteiger partial charge < -0.3 is 14.2 Å². The average molecular weight is 793 g/mol. The number of amides is 2. The Labute approximate surface area is 336 Å². The van der Waals surface area contributed by atoms with Crippen LogP contribution in [0.1, 0.15) is 123 Å². The molecule has 3 aliphatic heterocycles. The Balaban J connectivity index is 1.19. The highest BCUT2D eigenvalue weighted by molar-refractivity contribution is 7.90. The lowest BCUT2D eigenvalue weighted by atomic mass is 9.81. The Morgan fingerprint density at radius 2 is 1.75 bits per heavy atom. The van der Waals surface area contributed by atoms with E-state index in [1.165, 1.54) is 30.5 Å². The van der Waals surface area contributed by atoms with Crippen molar-refractivity contribution in [3.05, 3.63) is 70.5 Å². The number of nitrogens with zero attached hydrogens (tertiary/aromatic N) is 5. The Hall–Kier alpha value is -4.42. The van der Waals surface area contributed by atoms with Crippen molar-refractivity contribution >= 4 is 44.4 Å². The number of rotatable bonds is 11. The molecular weight excluding hydrogens is 737 g/mol. The fourth-order valence-electron chi connectivity index (χ4n) is 10.5. The van der Waals surface area contributed by atoms with Crippen molar-refractivity contribution in [1.82, 2.24) is 28.9 Å². The van der Waals surface area contributed by atoms with Crippen molar-refractivity contribution in [3.8, 4) is 17.0 Å². The SMILES string of the molecule is CCN1C[C@@H]2C[C@H]1CN2C(=O)c1cnn(C2CCC2)c1C1=Cc2cc(OC)ccc2-c2c(C3CCCCC3)c3ccc(CC(=O)NS(=O)(=O)CC(C)C)cc3n2C1. The first kappa shape index (κ1) is 38.1. The van der Waals surface area contributed by atoms with Crippen LogP contribution in [-0.2, 0) is 27.8 Å². The molecule has 12 heteroatoms. The highest BCUT2D eigenvalue weighted by Crippen LogP contribution is 2.49. The van der Waals surface area contributed by atoms with E-state index < -0.39 is 15.9 Å². The maximum absolute atomic E-state index is 14.8. The summed E-state index contributed by atoms with van der Waals surface area (Å²) in [5, 5.41) is 6.16. The number of sulfonamides is 1. The van der Waals surface area contributed by atoms with E-state index in [0.29, 0.717) is 24.1 Å². The maximum atomic E-state index is 14.8. The van der Waals surface area contributed by atoms with Crippen LogP contribution in [0.25, 0.3) is 33.8 Å². The molecule has 5 aliphatic rings. The van der Waals surface area contributed by atoms with Crippen molar-refractivity contribution in [2.75, 3.05) is 32.5 Å². The third kappa shape index (κ3) is 7.00. The average Bonchev–Trinajstić information content (AvgIpc) is 3.93. The minimum Gasteiger partial charge on any atom is -0.497 e. The third-order valence-electron chi connectivity index (χ3n) is 13.3. The van der Waals surface area contributed by atoms with E-state index in [0.717, 1.165) is 103 Å². The number of allylic oxidation sites excluding steroid dienone is 1. The molecular formula is C45H56N6O5S. The smallest absolute Gasteiger partial charge is 0.258 e. The first-order valence-electron chi connectivity index (χ1n) is 21.2. The van der Waals surface area contributed by atoms with Gasteiger partial charge in [0, 0.05) is 41.6 Å². The number of carbonyl (C=O) groups is 2. The van der Waals surface area contributed by atoms with Gasteiger partial charge in [0.1, 0.15) is 5.75 Å². The molecule has 0 radical (unpaired) electrons. The van der Waals surface area contributed by atoms with E-state index in [2.05, 4.69) is 61.0 Å². The number of nitrogens with one attached hydrogen (secondary N) is 1. The molecule has 2 atom stereocenters. The number of hydrogen-bond acceptors (Lipinski definition) is 7. The number of carbonyl (C=O) groups excluding carboxylic acids is 2. The summed E-state index contributed by atoms with van der Waals surface area (Å²) in [6.45, 7) is 9.02. The van der Waals surface area contributed by atoms with Crippen molar-refractivity contribution in [2.24, 2.45) is 5.92 Å². The van der Waals surface area contributed by atoms with Gasteiger partial charge in [0.25, 0.3) is 5.91 Å². The van der Waals surface area contributed by atoms with E-state index in [1.807, 2.05) is 32.2 Å². The minimum atomic E-state index is -3.74. The predicted molar refractivity (Wildman–Crippen MR) is 224 cm³/mol. The molecule has 4 aromatic rings. The molecule has 302 valence electrons. The molecule has 0 unspecified atom stereocenters. The number of likely N-dealkylation sites (N-methyl/N-ethyl adjacent to an activating group) is 1. The number of aromatic nitrogens is 3. The highest BCUT2D eigenvalue weighted by Gasteiger charge is 2.46. The van der Waals surface area contributed by atoms with Gasteiger partial charge in [0.15, 0.2) is 0 Å². The van der Waals surface area contributed by atoms with Gasteiger partial charge in [-0.25, -0.2) is 8.42 Å². The van der Waals surface area contributed by atoms with Crippen molar-refractivity contribution in [1.29, 1.82) is 0 Å². The molecule has 11 nitrogen and oxygen atoms in total. The molecule has 2 saturated carbocycles. The summed E-state index contributed by atoms with van der Waals surface area (Å²) in [5.74, 6) is 0.469. The van der Waals surface area contributed by atoms with Crippen molar-refractivity contribution in [3.63, 3.8) is 0 Å². The van der Waals surface area contributed by atoms with Gasteiger partial charge in [0.2, 0.25) is 15.9 Å². The fraction of sp³-hybridized carbons (Fsp3) is 0.533. The summed E-state index contributed by atoms with van der Waals surface area (Å²) in [5.41, 5.74) is 8.99. The molecule has 0 spiro atoms. The van der Waals surface area contributed by atoms with Gasteiger partial charge in [-0.3, -0.25) is 23.9 Å². The van der Waals surface area contributed by atoms with Crippen LogP contribution in [-0.4, -0.2) is 89.0 Å². The molecule has 2 saturated heterocycles. The topological polar surface area (TPSA) is 119 Å². The summed E-state index contributed by atoms with van der Waals surface area (Å²) >= 11 is 0. The lowest BCUT2D eigenvalue weighted by Crippen LogP contribution is -2.48. The molecule has 1 N–H and O–H groups in total. The normalized spacial score (nSPS) is 21.4.